The van der Waals surface area contributed by atoms with Crippen LogP contribution in [-0.2, 0) is 13.5 Å². The highest BCUT2D eigenvalue weighted by molar-refractivity contribution is 5.75. The number of aryl methyl sites for hydroxylation is 1. The van der Waals surface area contributed by atoms with Crippen molar-refractivity contribution in [3.05, 3.63) is 54.4 Å². The Labute approximate surface area is 110 Å². The molecule has 1 aromatic carbocycles. The maximum Gasteiger partial charge on any atom is 0.115 e. The summed E-state index contributed by atoms with van der Waals surface area (Å²) in [7, 11) is 1.96. The van der Waals surface area contributed by atoms with Gasteiger partial charge in [0.15, 0.2) is 0 Å². The van der Waals surface area contributed by atoms with Gasteiger partial charge in [-0.15, -0.1) is 0 Å². The van der Waals surface area contributed by atoms with E-state index in [0.717, 1.165) is 16.9 Å². The number of para-hydroxylation sites is 2. The van der Waals surface area contributed by atoms with Gasteiger partial charge < -0.3 is 9.67 Å². The molecule has 0 radical (unpaired) electrons. The van der Waals surface area contributed by atoms with Crippen LogP contribution >= 0.6 is 0 Å². The van der Waals surface area contributed by atoms with E-state index in [-0.39, 0.29) is 0 Å². The molecule has 0 spiro atoms. The smallest absolute Gasteiger partial charge is 0.115 e. The normalized spacial score (nSPS) is 12.7. The van der Waals surface area contributed by atoms with E-state index in [9.17, 15) is 5.11 Å². The molecule has 0 fully saturated rings. The number of imidazole rings is 1. The molecule has 5 nitrogen and oxygen atoms in total. The Morgan fingerprint density at radius 2 is 2.11 bits per heavy atom. The van der Waals surface area contributed by atoms with Crippen LogP contribution in [0.3, 0.4) is 0 Å². The Balaban J connectivity index is 1.91. The zero-order chi connectivity index (χ0) is 13.2. The molecule has 0 saturated carbocycles. The number of fused-ring (bicyclic) bond motifs is 1. The number of aliphatic hydroxyl groups is 1. The number of hydrogen-bond acceptors (Lipinski definition) is 4. The van der Waals surface area contributed by atoms with E-state index in [1.807, 2.05) is 35.9 Å². The van der Waals surface area contributed by atoms with Gasteiger partial charge in [-0.1, -0.05) is 12.1 Å². The first-order chi connectivity index (χ1) is 9.25. The predicted molar refractivity (Wildman–Crippen MR) is 71.4 cm³/mol. The van der Waals surface area contributed by atoms with Gasteiger partial charge in [0.2, 0.25) is 0 Å². The molecule has 2 heterocycles. The second kappa shape index (κ2) is 4.78. The minimum atomic E-state index is -0.668. The van der Waals surface area contributed by atoms with Crippen LogP contribution in [0.5, 0.6) is 0 Å². The molecule has 3 rings (SSSR count). The highest BCUT2D eigenvalue weighted by atomic mass is 16.3. The minimum Gasteiger partial charge on any atom is -0.386 e. The van der Waals surface area contributed by atoms with Crippen molar-refractivity contribution in [1.82, 2.24) is 19.5 Å². The lowest BCUT2D eigenvalue weighted by Crippen LogP contribution is -2.08. The monoisotopic (exact) mass is 254 g/mol. The fourth-order valence-corrected chi connectivity index (χ4v) is 2.15. The lowest BCUT2D eigenvalue weighted by atomic mass is 10.2. The third kappa shape index (κ3) is 2.20. The van der Waals surface area contributed by atoms with Gasteiger partial charge in [0.1, 0.15) is 18.3 Å². The second-order valence-corrected chi connectivity index (χ2v) is 4.43. The third-order valence-corrected chi connectivity index (χ3v) is 3.20. The van der Waals surface area contributed by atoms with Crippen LogP contribution in [0.2, 0.25) is 0 Å². The van der Waals surface area contributed by atoms with E-state index in [1.54, 1.807) is 12.3 Å². The summed E-state index contributed by atoms with van der Waals surface area (Å²) in [5, 5.41) is 10.2. The summed E-state index contributed by atoms with van der Waals surface area (Å²) in [5.74, 6) is 0.840. The van der Waals surface area contributed by atoms with Crippen molar-refractivity contribution in [3.63, 3.8) is 0 Å². The number of aliphatic hydroxyl groups excluding tert-OH is 1. The van der Waals surface area contributed by atoms with Crippen LogP contribution in [0.25, 0.3) is 11.0 Å². The van der Waals surface area contributed by atoms with Gasteiger partial charge in [-0.25, -0.2) is 15.0 Å². The fraction of sp³-hybridized carbons (Fsp3) is 0.214. The van der Waals surface area contributed by atoms with E-state index >= 15 is 0 Å². The number of benzene rings is 1. The van der Waals surface area contributed by atoms with Crippen molar-refractivity contribution in [2.75, 3.05) is 0 Å². The molecule has 1 unspecified atom stereocenters. The molecule has 0 aliphatic rings. The molecule has 2 aromatic heterocycles. The summed E-state index contributed by atoms with van der Waals surface area (Å²) in [5.41, 5.74) is 2.62. The number of nitrogens with zero attached hydrogens (tertiary/aromatic N) is 4. The van der Waals surface area contributed by atoms with Crippen molar-refractivity contribution < 1.29 is 5.11 Å². The van der Waals surface area contributed by atoms with E-state index in [0.29, 0.717) is 12.1 Å². The fourth-order valence-electron chi connectivity index (χ4n) is 2.15. The maximum atomic E-state index is 10.2. The Kier molecular flexibility index (Phi) is 2.97. The van der Waals surface area contributed by atoms with Gasteiger partial charge in [-0.05, 0) is 18.2 Å². The summed E-state index contributed by atoms with van der Waals surface area (Å²) in [6, 6.07) is 9.64. The number of rotatable bonds is 3. The number of hydrogen-bond donors (Lipinski definition) is 1. The molecule has 0 amide bonds. The van der Waals surface area contributed by atoms with Gasteiger partial charge in [0, 0.05) is 19.7 Å². The van der Waals surface area contributed by atoms with Crippen LogP contribution in [0.1, 0.15) is 17.6 Å². The first-order valence-corrected chi connectivity index (χ1v) is 6.10. The SMILES string of the molecule is Cn1c(CC(O)c2ccncn2)nc2ccccc21. The van der Waals surface area contributed by atoms with Gasteiger partial charge in [-0.3, -0.25) is 0 Å². The highest BCUT2D eigenvalue weighted by Crippen LogP contribution is 2.19. The van der Waals surface area contributed by atoms with Crippen molar-refractivity contribution in [2.24, 2.45) is 7.05 Å². The van der Waals surface area contributed by atoms with E-state index in [4.69, 9.17) is 0 Å². The lowest BCUT2D eigenvalue weighted by Gasteiger charge is -2.09. The van der Waals surface area contributed by atoms with Crippen LogP contribution < -0.4 is 0 Å². The molecule has 3 aromatic rings. The third-order valence-electron chi connectivity index (χ3n) is 3.20. The molecule has 19 heavy (non-hydrogen) atoms. The highest BCUT2D eigenvalue weighted by Gasteiger charge is 2.14. The Morgan fingerprint density at radius 1 is 1.26 bits per heavy atom. The van der Waals surface area contributed by atoms with Gasteiger partial charge in [-0.2, -0.15) is 0 Å². The first-order valence-electron chi connectivity index (χ1n) is 6.10. The summed E-state index contributed by atoms with van der Waals surface area (Å²) in [4.78, 5) is 12.4. The quantitative estimate of drug-likeness (QED) is 0.771. The Hall–Kier alpha value is -2.27. The minimum absolute atomic E-state index is 0.433. The number of aromatic nitrogens is 4. The average molecular weight is 254 g/mol. The van der Waals surface area contributed by atoms with E-state index < -0.39 is 6.10 Å². The molecular formula is C14H14N4O. The van der Waals surface area contributed by atoms with Crippen molar-refractivity contribution in [3.8, 4) is 0 Å². The molecule has 0 aliphatic heterocycles. The topological polar surface area (TPSA) is 63.8 Å². The summed E-state index contributed by atoms with van der Waals surface area (Å²) < 4.78 is 2.00. The standard InChI is InChI=1S/C14H14N4O/c1-18-12-5-3-2-4-10(12)17-14(18)8-13(19)11-6-7-15-9-16-11/h2-7,9,13,19H,8H2,1H3. The molecule has 96 valence electrons. The van der Waals surface area contributed by atoms with Gasteiger partial charge in [0.25, 0.3) is 0 Å². The first kappa shape index (κ1) is 11.8. The molecule has 5 heteroatoms. The van der Waals surface area contributed by atoms with Crippen molar-refractivity contribution >= 4 is 11.0 Å². The zero-order valence-electron chi connectivity index (χ0n) is 10.6. The van der Waals surface area contributed by atoms with Gasteiger partial charge in [0.05, 0.1) is 16.7 Å². The van der Waals surface area contributed by atoms with Crippen molar-refractivity contribution in [1.29, 1.82) is 0 Å². The summed E-state index contributed by atoms with van der Waals surface area (Å²) in [6.07, 6.45) is 2.83. The molecular weight excluding hydrogens is 240 g/mol. The van der Waals surface area contributed by atoms with E-state index in [2.05, 4.69) is 15.0 Å². The molecule has 0 saturated heterocycles. The van der Waals surface area contributed by atoms with Gasteiger partial charge >= 0.3 is 0 Å². The largest absolute Gasteiger partial charge is 0.386 e. The zero-order valence-corrected chi connectivity index (χ0v) is 10.6. The average Bonchev–Trinajstić information content (AvgIpc) is 2.77. The van der Waals surface area contributed by atoms with Crippen LogP contribution in [0, 0.1) is 0 Å². The second-order valence-electron chi connectivity index (χ2n) is 4.43. The predicted octanol–water partition coefficient (Wildman–Crippen LogP) is 1.64. The van der Waals surface area contributed by atoms with Crippen LogP contribution in [0.15, 0.2) is 42.9 Å². The van der Waals surface area contributed by atoms with Crippen molar-refractivity contribution in [2.45, 2.75) is 12.5 Å². The lowest BCUT2D eigenvalue weighted by molar-refractivity contribution is 0.170. The summed E-state index contributed by atoms with van der Waals surface area (Å²) in [6.45, 7) is 0. The Morgan fingerprint density at radius 3 is 2.84 bits per heavy atom. The Bertz CT molecular complexity index is 693. The molecule has 0 aliphatic carbocycles. The van der Waals surface area contributed by atoms with Crippen LogP contribution in [0.4, 0.5) is 0 Å². The van der Waals surface area contributed by atoms with Crippen LogP contribution in [-0.4, -0.2) is 24.6 Å². The summed E-state index contributed by atoms with van der Waals surface area (Å²) >= 11 is 0. The van der Waals surface area contributed by atoms with E-state index in [1.165, 1.54) is 6.33 Å². The maximum absolute atomic E-state index is 10.2. The molecule has 1 atom stereocenters. The molecule has 0 bridgehead atoms. The molecule has 1 N–H and O–H groups in total.